The van der Waals surface area contributed by atoms with Gasteiger partial charge in [0.1, 0.15) is 11.3 Å². The molecule has 0 spiro atoms. The zero-order chi connectivity index (χ0) is 20.9. The molecule has 8 heteroatoms. The molecule has 1 saturated heterocycles. The lowest BCUT2D eigenvalue weighted by atomic mass is 9.93. The summed E-state index contributed by atoms with van der Waals surface area (Å²) in [6.07, 6.45) is 1.17. The van der Waals surface area contributed by atoms with Crippen LogP contribution in [0, 0.1) is 0 Å². The molecule has 3 N–H and O–H groups in total. The third-order valence-corrected chi connectivity index (χ3v) is 5.08. The molecule has 0 aliphatic carbocycles. The Morgan fingerprint density at radius 1 is 1.10 bits per heavy atom. The van der Waals surface area contributed by atoms with Crippen LogP contribution in [0.1, 0.15) is 24.5 Å². The average Bonchev–Trinajstić information content (AvgIpc) is 2.95. The summed E-state index contributed by atoms with van der Waals surface area (Å²) >= 11 is 5.24. The summed E-state index contributed by atoms with van der Waals surface area (Å²) in [7, 11) is 1.61. The van der Waals surface area contributed by atoms with Crippen LogP contribution >= 0.6 is 12.2 Å². The monoisotopic (exact) mass is 412 g/mol. The molecule has 0 aromatic heterocycles. The minimum absolute atomic E-state index is 0.191. The van der Waals surface area contributed by atoms with E-state index >= 15 is 0 Å². The molecular weight excluding hydrogens is 388 g/mol. The number of nitrogens with one attached hydrogen (secondary N) is 3. The van der Waals surface area contributed by atoms with Gasteiger partial charge in [-0.05, 0) is 55.2 Å². The summed E-state index contributed by atoms with van der Waals surface area (Å²) in [5.74, 6) is 0.413. The molecule has 0 saturated carbocycles. The Balaban J connectivity index is 1.53. The van der Waals surface area contributed by atoms with Crippen molar-refractivity contribution in [1.82, 2.24) is 21.1 Å². The van der Waals surface area contributed by atoms with Gasteiger partial charge in [0, 0.05) is 6.54 Å². The molecule has 7 nitrogen and oxygen atoms in total. The summed E-state index contributed by atoms with van der Waals surface area (Å²) in [4.78, 5) is 25.1. The highest BCUT2D eigenvalue weighted by Crippen LogP contribution is 2.22. The Bertz CT molecular complexity index is 889. The SMILES string of the molecule is COc1ccc(CNC(=S)NN2C(=O)N[C@](C)(CCc3ccccc3)C2=O)cc1. The molecule has 0 bridgehead atoms. The third-order valence-electron chi connectivity index (χ3n) is 4.84. The van der Waals surface area contributed by atoms with Gasteiger partial charge in [-0.25, -0.2) is 4.79 Å². The fraction of sp³-hybridized carbons (Fsp3) is 0.286. The first-order chi connectivity index (χ1) is 13.9. The van der Waals surface area contributed by atoms with Crippen molar-refractivity contribution in [2.45, 2.75) is 31.8 Å². The molecule has 0 unspecified atom stereocenters. The fourth-order valence-electron chi connectivity index (χ4n) is 3.06. The van der Waals surface area contributed by atoms with Crippen molar-refractivity contribution in [3.05, 3.63) is 65.7 Å². The van der Waals surface area contributed by atoms with E-state index in [4.69, 9.17) is 17.0 Å². The molecule has 152 valence electrons. The number of carbonyl (C=O) groups is 2. The van der Waals surface area contributed by atoms with Crippen LogP contribution in [-0.4, -0.2) is 34.7 Å². The van der Waals surface area contributed by atoms with Crippen LogP contribution in [0.5, 0.6) is 5.75 Å². The second kappa shape index (κ2) is 8.91. The van der Waals surface area contributed by atoms with Crippen LogP contribution < -0.4 is 20.8 Å². The minimum Gasteiger partial charge on any atom is -0.497 e. The second-order valence-electron chi connectivity index (χ2n) is 7.03. The van der Waals surface area contributed by atoms with Crippen molar-refractivity contribution in [3.8, 4) is 5.75 Å². The molecule has 29 heavy (non-hydrogen) atoms. The van der Waals surface area contributed by atoms with E-state index < -0.39 is 11.6 Å². The third kappa shape index (κ3) is 5.03. The number of urea groups is 1. The Morgan fingerprint density at radius 2 is 1.79 bits per heavy atom. The van der Waals surface area contributed by atoms with Crippen LogP contribution in [0.3, 0.4) is 0 Å². The van der Waals surface area contributed by atoms with Crippen molar-refractivity contribution >= 4 is 29.3 Å². The largest absolute Gasteiger partial charge is 0.497 e. The zero-order valence-electron chi connectivity index (χ0n) is 16.4. The molecule has 0 radical (unpaired) electrons. The van der Waals surface area contributed by atoms with E-state index in [0.717, 1.165) is 21.9 Å². The van der Waals surface area contributed by atoms with E-state index in [-0.39, 0.29) is 11.0 Å². The number of aryl methyl sites for hydroxylation is 1. The summed E-state index contributed by atoms with van der Waals surface area (Å²) in [6.45, 7) is 2.18. The van der Waals surface area contributed by atoms with E-state index in [1.807, 2.05) is 54.6 Å². The molecule has 2 aromatic rings. The highest BCUT2D eigenvalue weighted by molar-refractivity contribution is 7.80. The lowest BCUT2D eigenvalue weighted by Gasteiger charge is -2.22. The van der Waals surface area contributed by atoms with Crippen LogP contribution in [-0.2, 0) is 17.8 Å². The van der Waals surface area contributed by atoms with Gasteiger partial charge in [0.25, 0.3) is 5.91 Å². The number of hydrogen-bond donors (Lipinski definition) is 3. The fourth-order valence-corrected chi connectivity index (χ4v) is 3.22. The van der Waals surface area contributed by atoms with Crippen LogP contribution in [0.25, 0.3) is 0 Å². The number of rotatable bonds is 7. The lowest BCUT2D eigenvalue weighted by Crippen LogP contribution is -2.51. The normalized spacial score (nSPS) is 18.3. The Hall–Kier alpha value is -3.13. The van der Waals surface area contributed by atoms with Gasteiger partial charge in [0.05, 0.1) is 7.11 Å². The maximum Gasteiger partial charge on any atom is 0.344 e. The zero-order valence-corrected chi connectivity index (χ0v) is 17.2. The number of hydrazine groups is 1. The van der Waals surface area contributed by atoms with Gasteiger partial charge in [-0.2, -0.15) is 5.01 Å². The van der Waals surface area contributed by atoms with Crippen LogP contribution in [0.4, 0.5) is 4.79 Å². The highest BCUT2D eigenvalue weighted by Gasteiger charge is 2.48. The summed E-state index contributed by atoms with van der Waals surface area (Å²) < 4.78 is 5.13. The second-order valence-corrected chi connectivity index (χ2v) is 7.44. The molecule has 1 fully saturated rings. The number of methoxy groups -OCH3 is 1. The van der Waals surface area contributed by atoms with Gasteiger partial charge < -0.3 is 15.4 Å². The minimum atomic E-state index is -0.981. The van der Waals surface area contributed by atoms with Gasteiger partial charge in [0.2, 0.25) is 0 Å². The first-order valence-corrected chi connectivity index (χ1v) is 9.70. The van der Waals surface area contributed by atoms with Crippen molar-refractivity contribution < 1.29 is 14.3 Å². The smallest absolute Gasteiger partial charge is 0.344 e. The number of imide groups is 1. The molecule has 3 rings (SSSR count). The maximum atomic E-state index is 12.8. The van der Waals surface area contributed by atoms with Crippen molar-refractivity contribution in [2.24, 2.45) is 0 Å². The highest BCUT2D eigenvalue weighted by atomic mass is 32.1. The predicted molar refractivity (Wildman–Crippen MR) is 114 cm³/mol. The summed E-state index contributed by atoms with van der Waals surface area (Å²) in [6, 6.07) is 16.8. The van der Waals surface area contributed by atoms with Crippen LogP contribution in [0.2, 0.25) is 0 Å². The van der Waals surface area contributed by atoms with Gasteiger partial charge >= 0.3 is 6.03 Å². The average molecular weight is 413 g/mol. The van der Waals surface area contributed by atoms with E-state index in [0.29, 0.717) is 19.4 Å². The number of amides is 3. The summed E-state index contributed by atoms with van der Waals surface area (Å²) in [5.41, 5.74) is 3.81. The number of ether oxygens (including phenoxy) is 1. The molecule has 1 aliphatic rings. The molecule has 2 aromatic carbocycles. The maximum absolute atomic E-state index is 12.8. The molecule has 1 heterocycles. The van der Waals surface area contributed by atoms with Gasteiger partial charge in [-0.1, -0.05) is 42.5 Å². The molecule has 3 amide bonds. The molecule has 1 atom stereocenters. The predicted octanol–water partition coefficient (Wildman–Crippen LogP) is 2.52. The number of benzene rings is 2. The number of thiocarbonyl (C=S) groups is 1. The van der Waals surface area contributed by atoms with Crippen molar-refractivity contribution in [1.29, 1.82) is 0 Å². The first kappa shape index (κ1) is 20.6. The first-order valence-electron chi connectivity index (χ1n) is 9.29. The van der Waals surface area contributed by atoms with E-state index in [9.17, 15) is 9.59 Å². The Labute approximate surface area is 175 Å². The number of carbonyl (C=O) groups excluding carboxylic acids is 2. The Morgan fingerprint density at radius 3 is 2.45 bits per heavy atom. The van der Waals surface area contributed by atoms with Gasteiger partial charge in [-0.3, -0.25) is 10.2 Å². The van der Waals surface area contributed by atoms with Crippen LogP contribution in [0.15, 0.2) is 54.6 Å². The van der Waals surface area contributed by atoms with Gasteiger partial charge in [-0.15, -0.1) is 0 Å². The lowest BCUT2D eigenvalue weighted by molar-refractivity contribution is -0.132. The quantitative estimate of drug-likeness (QED) is 0.479. The molecule has 1 aliphatic heterocycles. The standard InChI is InChI=1S/C21H24N4O3S/c1-21(13-12-15-6-4-3-5-7-15)18(26)25(20(27)23-21)24-19(29)22-14-16-8-10-17(28-2)11-9-16/h3-11H,12-14H2,1-2H3,(H,23,27)(H2,22,24,29)/t21-/m1/s1. The van der Waals surface area contributed by atoms with Crippen molar-refractivity contribution in [2.75, 3.05) is 7.11 Å². The topological polar surface area (TPSA) is 82.7 Å². The number of hydrogen-bond acceptors (Lipinski definition) is 4. The van der Waals surface area contributed by atoms with E-state index in [2.05, 4.69) is 16.1 Å². The van der Waals surface area contributed by atoms with E-state index in [1.165, 1.54) is 0 Å². The summed E-state index contributed by atoms with van der Waals surface area (Å²) in [5, 5.41) is 6.89. The van der Waals surface area contributed by atoms with Gasteiger partial charge in [0.15, 0.2) is 5.11 Å². The number of nitrogens with zero attached hydrogens (tertiary/aromatic N) is 1. The van der Waals surface area contributed by atoms with Crippen molar-refractivity contribution in [3.63, 3.8) is 0 Å². The van der Waals surface area contributed by atoms with E-state index in [1.54, 1.807) is 14.0 Å². The Kier molecular flexibility index (Phi) is 6.33. The molecular formula is C21H24N4O3S.